The van der Waals surface area contributed by atoms with Crippen molar-refractivity contribution in [1.82, 2.24) is 19.8 Å². The monoisotopic (exact) mass is 721 g/mol. The maximum absolute atomic E-state index is 12.9. The van der Waals surface area contributed by atoms with Gasteiger partial charge in [0.15, 0.2) is 0 Å². The van der Waals surface area contributed by atoms with E-state index in [2.05, 4.69) is 81.2 Å². The van der Waals surface area contributed by atoms with Crippen LogP contribution in [0.15, 0.2) is 112 Å². The number of carboxylic acids is 1. The zero-order chi connectivity index (χ0) is 37.0. The zero-order valence-corrected chi connectivity index (χ0v) is 29.7. The van der Waals surface area contributed by atoms with E-state index in [4.69, 9.17) is 5.11 Å². The predicted octanol–water partition coefficient (Wildman–Crippen LogP) is 6.61. The molecule has 2 aromatic heterocycles. The van der Waals surface area contributed by atoms with E-state index in [-0.39, 0.29) is 39.5 Å². The van der Waals surface area contributed by atoms with Crippen LogP contribution < -0.4 is 4.72 Å². The van der Waals surface area contributed by atoms with Crippen LogP contribution in [0, 0.1) is 5.92 Å². The molecule has 1 amide bonds. The Bertz CT molecular complexity index is 2270. The van der Waals surface area contributed by atoms with E-state index < -0.39 is 16.0 Å². The Morgan fingerprint density at radius 2 is 1.73 bits per heavy atom. The maximum Gasteiger partial charge on any atom is 0.339 e. The summed E-state index contributed by atoms with van der Waals surface area (Å²) in [6.45, 7) is 6.47. The minimum atomic E-state index is -3.79. The first kappa shape index (κ1) is 35.9. The molecule has 1 aliphatic carbocycles. The van der Waals surface area contributed by atoms with Crippen molar-refractivity contribution in [1.29, 1.82) is 0 Å². The number of carbonyl (C=O) groups is 2. The fourth-order valence-electron chi connectivity index (χ4n) is 6.56. The molecular formula is C38H39N7O6S. The molecule has 0 radical (unpaired) electrons. The van der Waals surface area contributed by atoms with Gasteiger partial charge in [-0.1, -0.05) is 24.3 Å². The van der Waals surface area contributed by atoms with E-state index >= 15 is 0 Å². The van der Waals surface area contributed by atoms with Crippen LogP contribution in [0.3, 0.4) is 0 Å². The lowest BCUT2D eigenvalue weighted by atomic mass is 9.79. The first-order valence-corrected chi connectivity index (χ1v) is 18.3. The number of aromatic nitrogens is 2. The summed E-state index contributed by atoms with van der Waals surface area (Å²) in [6, 6.07) is 21.1. The molecule has 0 spiro atoms. The molecule has 3 heterocycles. The van der Waals surface area contributed by atoms with Gasteiger partial charge in [0, 0.05) is 49.0 Å². The number of amides is 1. The van der Waals surface area contributed by atoms with Gasteiger partial charge in [-0.15, -0.1) is 0 Å². The minimum Gasteiger partial charge on any atom is -0.507 e. The van der Waals surface area contributed by atoms with Gasteiger partial charge in [0.25, 0.3) is 10.0 Å². The lowest BCUT2D eigenvalue weighted by molar-refractivity contribution is -0.134. The number of carbonyl (C=O) groups excluding carboxylic acids is 1. The summed E-state index contributed by atoms with van der Waals surface area (Å²) < 4.78 is 27.0. The summed E-state index contributed by atoms with van der Waals surface area (Å²) in [4.78, 5) is 35.5. The van der Waals surface area contributed by atoms with Crippen LogP contribution in [0.1, 0.15) is 35.3 Å². The number of aromatic carboxylic acids is 1. The predicted molar refractivity (Wildman–Crippen MR) is 199 cm³/mol. The molecule has 3 aromatic carbocycles. The van der Waals surface area contributed by atoms with Gasteiger partial charge in [0.2, 0.25) is 5.91 Å². The van der Waals surface area contributed by atoms with Gasteiger partial charge in [-0.25, -0.2) is 18.2 Å². The largest absolute Gasteiger partial charge is 0.507 e. The second-order valence-electron chi connectivity index (χ2n) is 12.5. The summed E-state index contributed by atoms with van der Waals surface area (Å²) in [6.07, 6.45) is 6.88. The van der Waals surface area contributed by atoms with Gasteiger partial charge in [-0.3, -0.25) is 14.4 Å². The highest BCUT2D eigenvalue weighted by Crippen LogP contribution is 2.41. The molecule has 5 aromatic rings. The van der Waals surface area contributed by atoms with Crippen molar-refractivity contribution in [2.45, 2.75) is 31.2 Å². The number of hydrogen-bond donors (Lipinski definition) is 4. The maximum atomic E-state index is 12.9. The first-order valence-electron chi connectivity index (χ1n) is 16.8. The van der Waals surface area contributed by atoms with Crippen LogP contribution in [0.5, 0.6) is 5.75 Å². The lowest BCUT2D eigenvalue weighted by Gasteiger charge is -2.40. The van der Waals surface area contributed by atoms with Crippen molar-refractivity contribution in [2.75, 3.05) is 31.4 Å². The average Bonchev–Trinajstić information content (AvgIpc) is 3.56. The van der Waals surface area contributed by atoms with Crippen molar-refractivity contribution in [3.63, 3.8) is 0 Å². The van der Waals surface area contributed by atoms with Gasteiger partial charge >= 0.3 is 5.97 Å². The van der Waals surface area contributed by atoms with E-state index in [1.54, 1.807) is 12.1 Å². The van der Waals surface area contributed by atoms with Gasteiger partial charge in [-0.05, 0) is 105 Å². The molecule has 1 aliphatic heterocycles. The molecule has 0 fully saturated rings. The van der Waals surface area contributed by atoms with Crippen LogP contribution >= 0.6 is 0 Å². The summed E-state index contributed by atoms with van der Waals surface area (Å²) in [5.74, 6) is -1.25. The Morgan fingerprint density at radius 1 is 1.00 bits per heavy atom. The third-order valence-electron chi connectivity index (χ3n) is 9.20. The average molecular weight is 722 g/mol. The van der Waals surface area contributed by atoms with E-state index in [0.29, 0.717) is 11.7 Å². The second kappa shape index (κ2) is 15.2. The molecule has 268 valence electrons. The standard InChI is InChI=1S/C20H25N3O.C18H14N4O5S/c1-4-23(5-2)20(24)14-9-16-15-7-6-8-17-19(15)13(11-21-17)10-18(16)22(3)12-14;23-16-9-6-13(11-15(16)18(24)25)21-20-12-4-7-14(8-5-12)28(26,27)22-17-3-1-2-10-19-17/h6-9,11,14,18,21H,4-5,10,12H2,1-3H3;1-11,23H,(H,19,22)(H,24,25)/b;21-20+/t14-,18-;/m1./s1. The van der Waals surface area contributed by atoms with Crippen molar-refractivity contribution in [3.8, 4) is 5.75 Å². The Morgan fingerprint density at radius 3 is 2.42 bits per heavy atom. The molecule has 0 unspecified atom stereocenters. The molecule has 0 saturated carbocycles. The van der Waals surface area contributed by atoms with E-state index in [0.717, 1.165) is 26.1 Å². The van der Waals surface area contributed by atoms with Gasteiger partial charge in [0.05, 0.1) is 22.2 Å². The third kappa shape index (κ3) is 7.57. The molecule has 52 heavy (non-hydrogen) atoms. The van der Waals surface area contributed by atoms with E-state index in [1.165, 1.54) is 82.3 Å². The molecule has 2 aliphatic rings. The number of phenols is 1. The molecule has 7 rings (SSSR count). The number of rotatable bonds is 9. The summed E-state index contributed by atoms with van der Waals surface area (Å²) >= 11 is 0. The highest BCUT2D eigenvalue weighted by molar-refractivity contribution is 7.92. The quantitative estimate of drug-likeness (QED) is 0.123. The summed E-state index contributed by atoms with van der Waals surface area (Å²) in [5.41, 5.74) is 5.50. The van der Waals surface area contributed by atoms with Crippen molar-refractivity contribution in [3.05, 3.63) is 114 Å². The third-order valence-corrected chi connectivity index (χ3v) is 10.6. The molecule has 0 bridgehead atoms. The smallest absolute Gasteiger partial charge is 0.339 e. The normalized spacial score (nSPS) is 16.8. The SMILES string of the molecule is CCN(CC)C(=O)[C@@H]1C=C2c3cccc4[nH]cc(c34)C[C@H]2N(C)C1.O=C(O)c1cc(/N=N/c2ccc(S(=O)(=O)Nc3ccccn3)cc2)ccc1O. The number of benzene rings is 3. The number of aromatic hydroxyl groups is 1. The Labute approximate surface area is 301 Å². The zero-order valence-electron chi connectivity index (χ0n) is 28.9. The Balaban J connectivity index is 0.000000180. The summed E-state index contributed by atoms with van der Waals surface area (Å²) in [5, 5.41) is 27.6. The number of anilines is 1. The number of pyridine rings is 1. The van der Waals surface area contributed by atoms with Gasteiger partial charge in [0.1, 0.15) is 17.1 Å². The van der Waals surface area contributed by atoms with Crippen molar-refractivity contribution >= 4 is 55.6 Å². The molecule has 4 N–H and O–H groups in total. The number of aromatic amines is 1. The molecular weight excluding hydrogens is 683 g/mol. The fourth-order valence-corrected chi connectivity index (χ4v) is 7.57. The molecule has 0 saturated heterocycles. The molecule has 13 nitrogen and oxygen atoms in total. The Kier molecular flexibility index (Phi) is 10.5. The number of hydrogen-bond acceptors (Lipinski definition) is 9. The fraction of sp³-hybridized carbons (Fsp3) is 0.237. The van der Waals surface area contributed by atoms with Crippen LogP contribution in [0.25, 0.3) is 16.5 Å². The van der Waals surface area contributed by atoms with Crippen molar-refractivity contribution in [2.24, 2.45) is 16.1 Å². The molecule has 2 atom stereocenters. The Hall–Kier alpha value is -5.86. The van der Waals surface area contributed by atoms with Crippen LogP contribution in [-0.4, -0.2) is 83.0 Å². The number of nitrogens with zero attached hydrogens (tertiary/aromatic N) is 5. The number of carboxylic acid groups (broad SMARTS) is 1. The highest BCUT2D eigenvalue weighted by Gasteiger charge is 2.36. The minimum absolute atomic E-state index is 0.0231. The summed E-state index contributed by atoms with van der Waals surface area (Å²) in [7, 11) is -1.64. The number of nitrogens with one attached hydrogen (secondary N) is 2. The van der Waals surface area contributed by atoms with Crippen LogP contribution in [0.4, 0.5) is 17.2 Å². The lowest BCUT2D eigenvalue weighted by Crippen LogP contribution is -2.47. The van der Waals surface area contributed by atoms with Gasteiger partial charge < -0.3 is 20.1 Å². The van der Waals surface area contributed by atoms with Crippen molar-refractivity contribution < 1.29 is 28.2 Å². The number of likely N-dealkylation sites (N-methyl/N-ethyl adjacent to an activating group) is 1. The second-order valence-corrected chi connectivity index (χ2v) is 14.1. The van der Waals surface area contributed by atoms with Crippen LogP contribution in [-0.2, 0) is 21.2 Å². The number of H-pyrrole nitrogens is 1. The van der Waals surface area contributed by atoms with Gasteiger partial charge in [-0.2, -0.15) is 10.2 Å². The van der Waals surface area contributed by atoms with E-state index in [1.807, 2.05) is 4.90 Å². The number of sulfonamides is 1. The number of azo groups is 1. The topological polar surface area (TPSA) is 181 Å². The number of fused-ring (bicyclic) bond motifs is 2. The highest BCUT2D eigenvalue weighted by atomic mass is 32.2. The first-order chi connectivity index (χ1) is 25.0. The molecule has 14 heteroatoms. The van der Waals surface area contributed by atoms with Crippen LogP contribution in [0.2, 0.25) is 0 Å². The van der Waals surface area contributed by atoms with E-state index in [9.17, 15) is 23.1 Å².